The molecule has 0 unspecified atom stereocenters. The Labute approximate surface area is 189 Å². The van der Waals surface area contributed by atoms with Gasteiger partial charge in [-0.25, -0.2) is 13.2 Å². The van der Waals surface area contributed by atoms with E-state index in [1.807, 2.05) is 27.7 Å². The minimum absolute atomic E-state index is 0.0461. The van der Waals surface area contributed by atoms with Crippen LogP contribution in [0, 0.1) is 5.92 Å². The summed E-state index contributed by atoms with van der Waals surface area (Å²) in [6.45, 7) is 14.4. The molecule has 11 heteroatoms. The van der Waals surface area contributed by atoms with E-state index < -0.39 is 40.0 Å². The normalized spacial score (nSPS) is 23.8. The minimum atomic E-state index is -3.61. The molecule has 0 saturated carbocycles. The van der Waals surface area contributed by atoms with Crippen LogP contribution in [-0.2, 0) is 24.1 Å². The van der Waals surface area contributed by atoms with Crippen LogP contribution in [0.15, 0.2) is 16.3 Å². The molecule has 1 amide bonds. The zero-order chi connectivity index (χ0) is 23.2. The number of carbonyl (C=O) groups excluding carboxylic acids is 1. The third-order valence-corrected chi connectivity index (χ3v) is 9.30. The molecule has 174 valence electrons. The van der Waals surface area contributed by atoms with Crippen molar-refractivity contribution in [2.45, 2.75) is 75.9 Å². The highest BCUT2D eigenvalue weighted by atomic mass is 32.2. The third-order valence-electron chi connectivity index (χ3n) is 5.86. The summed E-state index contributed by atoms with van der Waals surface area (Å²) in [6, 6.07) is 3.38. The van der Waals surface area contributed by atoms with E-state index in [4.69, 9.17) is 14.0 Å². The lowest BCUT2D eigenvalue weighted by molar-refractivity contribution is 0.00578. The molecule has 3 heterocycles. The average molecular weight is 472 g/mol. The lowest BCUT2D eigenvalue weighted by Crippen LogP contribution is -2.41. The molecule has 2 aliphatic rings. The maximum absolute atomic E-state index is 13.1. The number of carbonyl (C=O) groups is 1. The highest BCUT2D eigenvalue weighted by Crippen LogP contribution is 2.37. The third kappa shape index (κ3) is 5.44. The number of sulfonamides is 1. The Kier molecular flexibility index (Phi) is 6.59. The van der Waals surface area contributed by atoms with Crippen LogP contribution in [0.2, 0.25) is 0 Å². The first kappa shape index (κ1) is 24.5. The number of nitrogens with one attached hydrogen (secondary N) is 1. The molecule has 3 rings (SSSR count). The van der Waals surface area contributed by atoms with Gasteiger partial charge in [-0.3, -0.25) is 0 Å². The van der Waals surface area contributed by atoms with Crippen LogP contribution >= 0.6 is 11.3 Å². The largest absolute Gasteiger partial charge is 0.505 e. The summed E-state index contributed by atoms with van der Waals surface area (Å²) < 4.78 is 46.1. The topological polar surface area (TPSA) is 94.2 Å². The van der Waals surface area contributed by atoms with E-state index in [0.717, 1.165) is 4.78 Å². The number of amides is 1. The summed E-state index contributed by atoms with van der Waals surface area (Å²) in [7, 11) is -4.19. The molecule has 1 aromatic heterocycles. The highest BCUT2D eigenvalue weighted by Gasteiger charge is 2.52. The predicted octanol–water partition coefficient (Wildman–Crippen LogP) is 2.58. The second-order valence-corrected chi connectivity index (χ2v) is 13.4. The zero-order valence-corrected chi connectivity index (χ0v) is 21.0. The molecule has 2 aliphatic heterocycles. The Balaban J connectivity index is 1.60. The van der Waals surface area contributed by atoms with Gasteiger partial charge in [0.1, 0.15) is 9.81 Å². The van der Waals surface area contributed by atoms with E-state index in [2.05, 4.69) is 5.32 Å². The van der Waals surface area contributed by atoms with Crippen molar-refractivity contribution in [3.63, 3.8) is 0 Å². The van der Waals surface area contributed by atoms with E-state index in [9.17, 15) is 13.2 Å². The lowest BCUT2D eigenvalue weighted by Gasteiger charge is -2.32. The van der Waals surface area contributed by atoms with Crippen molar-refractivity contribution in [2.75, 3.05) is 19.6 Å². The Morgan fingerprint density at radius 3 is 2.45 bits per heavy atom. The van der Waals surface area contributed by atoms with Gasteiger partial charge in [0, 0.05) is 24.4 Å². The standard InChI is InChI=1S/C20H33BN2O6S2/c1-18(2,3)27-17(24)22-12-14-10-11-23(13-14)31(25,26)16-9-8-15(30-16)21-28-19(4,5)20(6,7)29-21/h8-9,14H,10-13H2,1-7H3,(H,22,24)/t14-/m0/s1. The molecule has 1 atom stereocenters. The number of hydrogen-bond donors (Lipinski definition) is 1. The fourth-order valence-electron chi connectivity index (χ4n) is 3.41. The van der Waals surface area contributed by atoms with Gasteiger partial charge in [0.15, 0.2) is 0 Å². The Bertz CT molecular complexity index is 906. The van der Waals surface area contributed by atoms with Crippen molar-refractivity contribution in [3.05, 3.63) is 12.1 Å². The highest BCUT2D eigenvalue weighted by molar-refractivity contribution is 7.91. The Morgan fingerprint density at radius 2 is 1.87 bits per heavy atom. The molecular formula is C20H33BN2O6S2. The number of hydrogen-bond acceptors (Lipinski definition) is 7. The van der Waals surface area contributed by atoms with Crippen LogP contribution in [0.4, 0.5) is 4.79 Å². The summed E-state index contributed by atoms with van der Waals surface area (Å²) in [4.78, 5) is 11.8. The van der Waals surface area contributed by atoms with Crippen LogP contribution in [0.3, 0.4) is 0 Å². The quantitative estimate of drug-likeness (QED) is 0.663. The molecule has 0 radical (unpaired) electrons. The van der Waals surface area contributed by atoms with Gasteiger partial charge >= 0.3 is 13.2 Å². The number of alkyl carbamates (subject to hydrolysis) is 1. The molecule has 2 saturated heterocycles. The van der Waals surface area contributed by atoms with Crippen LogP contribution < -0.4 is 10.1 Å². The second-order valence-electron chi connectivity index (χ2n) is 10.1. The molecule has 0 aliphatic carbocycles. The fourth-order valence-corrected chi connectivity index (χ4v) is 6.38. The van der Waals surface area contributed by atoms with Gasteiger partial charge in [0.05, 0.1) is 11.2 Å². The second kappa shape index (κ2) is 8.33. The van der Waals surface area contributed by atoms with Gasteiger partial charge in [-0.1, -0.05) is 6.07 Å². The molecular weight excluding hydrogens is 439 g/mol. The van der Waals surface area contributed by atoms with Gasteiger partial charge in [0.2, 0.25) is 0 Å². The first-order chi connectivity index (χ1) is 14.1. The number of ether oxygens (including phenoxy) is 1. The van der Waals surface area contributed by atoms with E-state index in [1.54, 1.807) is 32.9 Å². The smallest absolute Gasteiger partial charge is 0.444 e. The van der Waals surface area contributed by atoms with Crippen molar-refractivity contribution >= 4 is 39.3 Å². The first-order valence-corrected chi connectivity index (χ1v) is 12.8. The zero-order valence-electron chi connectivity index (χ0n) is 19.4. The van der Waals surface area contributed by atoms with Gasteiger partial charge in [0.25, 0.3) is 10.0 Å². The summed E-state index contributed by atoms with van der Waals surface area (Å²) >= 11 is 1.18. The van der Waals surface area contributed by atoms with Gasteiger partial charge < -0.3 is 19.4 Å². The molecule has 0 aromatic carbocycles. The maximum Gasteiger partial charge on any atom is 0.505 e. The molecule has 0 bridgehead atoms. The van der Waals surface area contributed by atoms with Gasteiger partial charge in [-0.05, 0) is 66.9 Å². The molecule has 8 nitrogen and oxygen atoms in total. The van der Waals surface area contributed by atoms with Crippen molar-refractivity contribution in [1.29, 1.82) is 0 Å². The van der Waals surface area contributed by atoms with Gasteiger partial charge in [-0.2, -0.15) is 4.31 Å². The van der Waals surface area contributed by atoms with Crippen LogP contribution in [-0.4, -0.2) is 62.4 Å². The van der Waals surface area contributed by atoms with E-state index in [-0.39, 0.29) is 10.1 Å². The number of rotatable bonds is 5. The fraction of sp³-hybridized carbons (Fsp3) is 0.750. The monoisotopic (exact) mass is 472 g/mol. The Hall–Kier alpha value is -1.14. The summed E-state index contributed by atoms with van der Waals surface area (Å²) in [5.74, 6) is 0.0461. The summed E-state index contributed by atoms with van der Waals surface area (Å²) in [5, 5.41) is 2.74. The van der Waals surface area contributed by atoms with Crippen LogP contribution in [0.5, 0.6) is 0 Å². The minimum Gasteiger partial charge on any atom is -0.444 e. The molecule has 31 heavy (non-hydrogen) atoms. The SMILES string of the molecule is CC(C)(C)OC(=O)NC[C@@H]1CCN(S(=O)(=O)c2ccc(B3OC(C)(C)C(C)(C)O3)s2)C1. The number of nitrogens with zero attached hydrogens (tertiary/aromatic N) is 1. The van der Waals surface area contributed by atoms with Crippen LogP contribution in [0.25, 0.3) is 0 Å². The Morgan fingerprint density at radius 1 is 1.26 bits per heavy atom. The van der Waals surface area contributed by atoms with E-state index in [0.29, 0.717) is 26.1 Å². The predicted molar refractivity (Wildman–Crippen MR) is 121 cm³/mol. The maximum atomic E-state index is 13.1. The summed E-state index contributed by atoms with van der Waals surface area (Å²) in [5.41, 5.74) is -1.53. The van der Waals surface area contributed by atoms with Crippen molar-refractivity contribution in [2.24, 2.45) is 5.92 Å². The van der Waals surface area contributed by atoms with Crippen molar-refractivity contribution in [1.82, 2.24) is 9.62 Å². The first-order valence-electron chi connectivity index (χ1n) is 10.5. The van der Waals surface area contributed by atoms with E-state index >= 15 is 0 Å². The summed E-state index contributed by atoms with van der Waals surface area (Å²) in [6.07, 6.45) is 0.198. The molecule has 2 fully saturated rings. The van der Waals surface area contributed by atoms with E-state index in [1.165, 1.54) is 15.6 Å². The van der Waals surface area contributed by atoms with Gasteiger partial charge in [-0.15, -0.1) is 11.3 Å². The average Bonchev–Trinajstić information content (AvgIpc) is 3.31. The lowest BCUT2D eigenvalue weighted by atomic mass is 9.88. The van der Waals surface area contributed by atoms with Crippen molar-refractivity contribution in [3.8, 4) is 0 Å². The molecule has 1 aromatic rings. The number of thiophene rings is 1. The molecule has 1 N–H and O–H groups in total. The molecule has 0 spiro atoms. The van der Waals surface area contributed by atoms with Crippen LogP contribution in [0.1, 0.15) is 54.9 Å². The van der Waals surface area contributed by atoms with Crippen molar-refractivity contribution < 1.29 is 27.3 Å².